The molecule has 0 fully saturated rings. The highest BCUT2D eigenvalue weighted by Gasteiger charge is 2.43. The average molecular weight is 344 g/mol. The highest BCUT2D eigenvalue weighted by molar-refractivity contribution is 6.10. The zero-order chi connectivity index (χ0) is 18.6. The van der Waals surface area contributed by atoms with Crippen molar-refractivity contribution in [1.82, 2.24) is 0 Å². The van der Waals surface area contributed by atoms with Crippen LogP contribution in [0, 0.1) is 0 Å². The van der Waals surface area contributed by atoms with Crippen molar-refractivity contribution in [1.29, 1.82) is 0 Å². The lowest BCUT2D eigenvalue weighted by Gasteiger charge is -2.20. The number of rotatable bonds is 13. The van der Waals surface area contributed by atoms with Crippen LogP contribution in [0.4, 0.5) is 0 Å². The second kappa shape index (κ2) is 12.1. The number of carbonyl (C=O) groups excluding carboxylic acids is 3. The van der Waals surface area contributed by atoms with Gasteiger partial charge in [0.2, 0.25) is 11.4 Å². The van der Waals surface area contributed by atoms with E-state index in [2.05, 4.69) is 11.7 Å². The first-order valence-electron chi connectivity index (χ1n) is 8.93. The third kappa shape index (κ3) is 9.13. The van der Waals surface area contributed by atoms with Crippen molar-refractivity contribution in [2.75, 3.05) is 0 Å². The van der Waals surface area contributed by atoms with Gasteiger partial charge in [-0.25, -0.2) is 4.79 Å². The molecule has 6 nitrogen and oxygen atoms in total. The van der Waals surface area contributed by atoms with Crippen LogP contribution in [0.2, 0.25) is 0 Å². The fourth-order valence-corrected chi connectivity index (χ4v) is 2.34. The number of hydrogen-bond donors (Lipinski definition) is 2. The lowest BCUT2D eigenvalue weighted by atomic mass is 9.97. The van der Waals surface area contributed by atoms with Crippen LogP contribution in [0.5, 0.6) is 0 Å². The summed E-state index contributed by atoms with van der Waals surface area (Å²) in [4.78, 5) is 34.7. The summed E-state index contributed by atoms with van der Waals surface area (Å²) in [6.07, 6.45) is 8.44. The maximum Gasteiger partial charge on any atom is 0.353 e. The van der Waals surface area contributed by atoms with E-state index in [0.717, 1.165) is 33.1 Å². The smallest absolute Gasteiger partial charge is 0.353 e. The molecule has 0 aromatic heterocycles. The number of ether oxygens (including phenoxy) is 1. The Labute approximate surface area is 144 Å². The van der Waals surface area contributed by atoms with Crippen molar-refractivity contribution in [3.05, 3.63) is 0 Å². The molecule has 0 aromatic carbocycles. The largest absolute Gasteiger partial charge is 0.391 e. The van der Waals surface area contributed by atoms with Crippen LogP contribution in [0.1, 0.15) is 85.0 Å². The van der Waals surface area contributed by atoms with E-state index in [1.165, 1.54) is 32.1 Å². The first kappa shape index (κ1) is 22.7. The third-order valence-corrected chi connectivity index (χ3v) is 3.95. The summed E-state index contributed by atoms with van der Waals surface area (Å²) in [6, 6.07) is 0. The van der Waals surface area contributed by atoms with Gasteiger partial charge in [0.25, 0.3) is 0 Å². The van der Waals surface area contributed by atoms with Crippen molar-refractivity contribution in [2.45, 2.75) is 96.7 Å². The summed E-state index contributed by atoms with van der Waals surface area (Å²) in [5, 5.41) is 18.9. The molecule has 2 N–H and O–H groups in total. The topological polar surface area (TPSA) is 101 Å². The quantitative estimate of drug-likeness (QED) is 0.303. The molecule has 0 aromatic rings. The number of esters is 2. The number of ketones is 1. The predicted molar refractivity (Wildman–Crippen MR) is 90.3 cm³/mol. The van der Waals surface area contributed by atoms with Crippen LogP contribution in [0.25, 0.3) is 0 Å². The fourth-order valence-electron chi connectivity index (χ4n) is 2.34. The van der Waals surface area contributed by atoms with E-state index in [9.17, 15) is 19.5 Å². The molecule has 0 spiro atoms. The molecule has 0 saturated carbocycles. The van der Waals surface area contributed by atoms with E-state index in [1.807, 2.05) is 0 Å². The molecule has 0 aliphatic heterocycles. The Morgan fingerprint density at radius 1 is 0.958 bits per heavy atom. The molecule has 24 heavy (non-hydrogen) atoms. The Kier molecular flexibility index (Phi) is 11.5. The Balaban J connectivity index is 3.86. The van der Waals surface area contributed by atoms with Gasteiger partial charge in [0, 0.05) is 6.42 Å². The van der Waals surface area contributed by atoms with E-state index in [4.69, 9.17) is 5.11 Å². The Morgan fingerprint density at radius 3 is 1.88 bits per heavy atom. The normalized spacial score (nSPS) is 14.7. The van der Waals surface area contributed by atoms with E-state index < -0.39 is 29.4 Å². The molecule has 0 heterocycles. The van der Waals surface area contributed by atoms with Crippen molar-refractivity contribution < 1.29 is 29.3 Å². The van der Waals surface area contributed by atoms with Gasteiger partial charge in [-0.15, -0.1) is 0 Å². The number of unbranched alkanes of at least 4 members (excludes halogenated alkanes) is 8. The zero-order valence-corrected chi connectivity index (χ0v) is 15.2. The number of aliphatic hydroxyl groups is 2. The Hall–Kier alpha value is -1.27. The fraction of sp³-hybridized carbons (Fsp3) is 0.833. The molecule has 0 aliphatic rings. The average Bonchev–Trinajstić information content (AvgIpc) is 2.52. The molecule has 0 amide bonds. The highest BCUT2D eigenvalue weighted by Crippen LogP contribution is 2.13. The van der Waals surface area contributed by atoms with Crippen molar-refractivity contribution in [2.24, 2.45) is 0 Å². The molecule has 0 radical (unpaired) electrons. The third-order valence-electron chi connectivity index (χ3n) is 3.95. The molecule has 2 unspecified atom stereocenters. The van der Waals surface area contributed by atoms with Crippen molar-refractivity contribution in [3.8, 4) is 0 Å². The molecule has 140 valence electrons. The maximum atomic E-state index is 11.7. The van der Waals surface area contributed by atoms with Crippen LogP contribution in [0.15, 0.2) is 0 Å². The lowest BCUT2D eigenvalue weighted by Crippen LogP contribution is -2.49. The van der Waals surface area contributed by atoms with Gasteiger partial charge in [-0.1, -0.05) is 58.3 Å². The minimum atomic E-state index is -2.51. The van der Waals surface area contributed by atoms with Crippen LogP contribution in [0.3, 0.4) is 0 Å². The predicted octanol–water partition coefficient (Wildman–Crippen LogP) is 2.68. The van der Waals surface area contributed by atoms with Gasteiger partial charge in [0.1, 0.15) is 6.10 Å². The molecule has 2 atom stereocenters. The standard InChI is InChI=1S/C18H32O6/c1-4-5-6-7-8-9-10-11-12-13-15(20)24-17(22)18(3,23)16(21)14(2)19/h14,19,23H,4-13H2,1-3H3. The SMILES string of the molecule is CCCCCCCCCCCC(=O)OC(=O)C(C)(O)C(=O)C(C)O. The molecular weight excluding hydrogens is 312 g/mol. The van der Waals surface area contributed by atoms with Gasteiger partial charge in [-0.2, -0.15) is 0 Å². The number of carbonyl (C=O) groups is 3. The first-order valence-corrected chi connectivity index (χ1v) is 8.93. The van der Waals surface area contributed by atoms with Gasteiger partial charge in [-0.3, -0.25) is 9.59 Å². The van der Waals surface area contributed by atoms with Gasteiger partial charge in [0.05, 0.1) is 0 Å². The monoisotopic (exact) mass is 344 g/mol. The lowest BCUT2D eigenvalue weighted by molar-refractivity contribution is -0.177. The molecular formula is C18H32O6. The number of aliphatic hydroxyl groups excluding tert-OH is 1. The highest BCUT2D eigenvalue weighted by atomic mass is 16.6. The molecule has 0 bridgehead atoms. The van der Waals surface area contributed by atoms with Crippen LogP contribution >= 0.6 is 0 Å². The van der Waals surface area contributed by atoms with Crippen molar-refractivity contribution >= 4 is 17.7 Å². The molecule has 0 aliphatic carbocycles. The van der Waals surface area contributed by atoms with E-state index in [1.54, 1.807) is 0 Å². The summed E-state index contributed by atoms with van der Waals surface area (Å²) >= 11 is 0. The summed E-state index contributed by atoms with van der Waals surface area (Å²) in [7, 11) is 0. The van der Waals surface area contributed by atoms with Crippen LogP contribution in [-0.4, -0.2) is 39.6 Å². The van der Waals surface area contributed by atoms with Gasteiger partial charge in [-0.05, 0) is 20.3 Å². The van der Waals surface area contributed by atoms with E-state index >= 15 is 0 Å². The Bertz CT molecular complexity index is 400. The summed E-state index contributed by atoms with van der Waals surface area (Å²) in [6.45, 7) is 4.23. The van der Waals surface area contributed by atoms with E-state index in [0.29, 0.717) is 6.42 Å². The first-order chi connectivity index (χ1) is 11.2. The number of hydrogen-bond acceptors (Lipinski definition) is 6. The minimum absolute atomic E-state index is 0.0700. The van der Waals surface area contributed by atoms with Crippen molar-refractivity contribution in [3.63, 3.8) is 0 Å². The minimum Gasteiger partial charge on any atom is -0.391 e. The zero-order valence-electron chi connectivity index (χ0n) is 15.2. The summed E-state index contributed by atoms with van der Waals surface area (Å²) < 4.78 is 4.50. The Morgan fingerprint density at radius 2 is 1.42 bits per heavy atom. The van der Waals surface area contributed by atoms with Gasteiger partial charge >= 0.3 is 11.9 Å². The second-order valence-electron chi connectivity index (χ2n) is 6.45. The summed E-state index contributed by atoms with van der Waals surface area (Å²) in [5.74, 6) is -3.20. The van der Waals surface area contributed by atoms with Crippen LogP contribution < -0.4 is 0 Å². The summed E-state index contributed by atoms with van der Waals surface area (Å²) in [5.41, 5.74) is -2.51. The molecule has 0 rings (SSSR count). The molecule has 6 heteroatoms. The van der Waals surface area contributed by atoms with Gasteiger partial charge in [0.15, 0.2) is 0 Å². The van der Waals surface area contributed by atoms with E-state index in [-0.39, 0.29) is 6.42 Å². The van der Waals surface area contributed by atoms with Gasteiger partial charge < -0.3 is 14.9 Å². The number of Topliss-reactive ketones (excluding diaryl/α,β-unsaturated/α-hetero) is 1. The second-order valence-corrected chi connectivity index (χ2v) is 6.45. The maximum absolute atomic E-state index is 11.7. The molecule has 0 saturated heterocycles. The van der Waals surface area contributed by atoms with Crippen LogP contribution in [-0.2, 0) is 19.1 Å².